The van der Waals surface area contributed by atoms with Gasteiger partial charge in [-0.15, -0.1) is 0 Å². The third-order valence-electron chi connectivity index (χ3n) is 4.02. The van der Waals surface area contributed by atoms with Crippen LogP contribution in [0.3, 0.4) is 0 Å². The second-order valence-corrected chi connectivity index (χ2v) is 5.64. The summed E-state index contributed by atoms with van der Waals surface area (Å²) in [7, 11) is 0. The Morgan fingerprint density at radius 2 is 1.58 bits per heavy atom. The predicted octanol–water partition coefficient (Wildman–Crippen LogP) is 3.76. The molecule has 0 spiro atoms. The van der Waals surface area contributed by atoms with Crippen molar-refractivity contribution in [2.24, 2.45) is 4.99 Å². The highest BCUT2D eigenvalue weighted by atomic mass is 14.9. The molecule has 1 aliphatic heterocycles. The zero-order chi connectivity index (χ0) is 16.2. The van der Waals surface area contributed by atoms with Gasteiger partial charge in [0.15, 0.2) is 5.82 Å². The number of hydrogen-bond acceptors (Lipinski definition) is 4. The number of aliphatic imine (C=N–C) groups is 1. The van der Waals surface area contributed by atoms with Crippen molar-refractivity contribution in [3.8, 4) is 11.1 Å². The topological polar surface area (TPSA) is 50.2 Å². The minimum Gasteiger partial charge on any atom is -0.309 e. The highest BCUT2D eigenvalue weighted by Crippen LogP contribution is 2.31. The van der Waals surface area contributed by atoms with E-state index in [1.165, 1.54) is 16.7 Å². The van der Waals surface area contributed by atoms with E-state index < -0.39 is 0 Å². The summed E-state index contributed by atoms with van der Waals surface area (Å²) in [6.45, 7) is 1.67. The van der Waals surface area contributed by atoms with Gasteiger partial charge in [-0.25, -0.2) is 4.98 Å². The number of pyridine rings is 2. The molecule has 0 unspecified atom stereocenters. The third kappa shape index (κ3) is 3.01. The lowest BCUT2D eigenvalue weighted by Crippen LogP contribution is -2.12. The van der Waals surface area contributed by atoms with Crippen LogP contribution in [0.1, 0.15) is 16.7 Å². The first kappa shape index (κ1) is 14.5. The van der Waals surface area contributed by atoms with Gasteiger partial charge in [0.05, 0.1) is 0 Å². The number of nitrogens with one attached hydrogen (secondary N) is 1. The van der Waals surface area contributed by atoms with Gasteiger partial charge in [0.2, 0.25) is 0 Å². The van der Waals surface area contributed by atoms with Crippen LogP contribution in [0, 0.1) is 0 Å². The zero-order valence-corrected chi connectivity index (χ0v) is 13.1. The van der Waals surface area contributed by atoms with Gasteiger partial charge in [-0.1, -0.05) is 24.3 Å². The van der Waals surface area contributed by atoms with Crippen molar-refractivity contribution in [2.75, 3.05) is 0 Å². The monoisotopic (exact) mass is 312 g/mol. The fourth-order valence-corrected chi connectivity index (χ4v) is 2.76. The van der Waals surface area contributed by atoms with Gasteiger partial charge >= 0.3 is 0 Å². The van der Waals surface area contributed by atoms with Crippen LogP contribution in [0.15, 0.2) is 66.0 Å². The van der Waals surface area contributed by atoms with E-state index >= 15 is 0 Å². The van der Waals surface area contributed by atoms with E-state index in [9.17, 15) is 0 Å². The highest BCUT2D eigenvalue weighted by molar-refractivity contribution is 5.94. The van der Waals surface area contributed by atoms with Crippen molar-refractivity contribution in [1.82, 2.24) is 15.3 Å². The molecule has 0 aliphatic carbocycles. The van der Waals surface area contributed by atoms with E-state index in [0.29, 0.717) is 0 Å². The number of fused-ring (bicyclic) bond motifs is 1. The van der Waals surface area contributed by atoms with Gasteiger partial charge in [0.1, 0.15) is 0 Å². The molecular weight excluding hydrogens is 296 g/mol. The molecule has 0 amide bonds. The SMILES string of the molecule is C1=Cc2c(-c3ccc(CNCc4ccncc4)cc3)ccnc2N=1. The summed E-state index contributed by atoms with van der Waals surface area (Å²) in [6, 6.07) is 14.7. The molecule has 1 aromatic carbocycles. The summed E-state index contributed by atoms with van der Waals surface area (Å²) in [5.74, 6) is 3.62. The van der Waals surface area contributed by atoms with Crippen molar-refractivity contribution < 1.29 is 0 Å². The lowest BCUT2D eigenvalue weighted by atomic mass is 10.00. The van der Waals surface area contributed by atoms with Crippen molar-refractivity contribution in [3.05, 3.63) is 77.7 Å². The Bertz CT molecular complexity index is 908. The Labute approximate surface area is 140 Å². The first-order chi connectivity index (χ1) is 11.9. The summed E-state index contributed by atoms with van der Waals surface area (Å²) in [5.41, 5.74) is 5.85. The second-order valence-electron chi connectivity index (χ2n) is 5.64. The summed E-state index contributed by atoms with van der Waals surface area (Å²) >= 11 is 0. The van der Waals surface area contributed by atoms with Crippen molar-refractivity contribution >= 4 is 17.8 Å². The maximum absolute atomic E-state index is 4.26. The Balaban J connectivity index is 1.44. The Morgan fingerprint density at radius 1 is 0.833 bits per heavy atom. The molecule has 4 heteroatoms. The van der Waals surface area contributed by atoms with E-state index in [0.717, 1.165) is 30.0 Å². The molecule has 2 aromatic heterocycles. The zero-order valence-electron chi connectivity index (χ0n) is 13.1. The molecule has 0 saturated heterocycles. The third-order valence-corrected chi connectivity index (χ3v) is 4.02. The van der Waals surface area contributed by atoms with Gasteiger partial charge < -0.3 is 5.32 Å². The summed E-state index contributed by atoms with van der Waals surface area (Å²) in [5, 5.41) is 3.45. The quantitative estimate of drug-likeness (QED) is 0.610. The second kappa shape index (κ2) is 6.59. The smallest absolute Gasteiger partial charge is 0.170 e. The van der Waals surface area contributed by atoms with Gasteiger partial charge in [-0.05, 0) is 46.3 Å². The van der Waals surface area contributed by atoms with Gasteiger partial charge in [0.25, 0.3) is 0 Å². The van der Waals surface area contributed by atoms with Crippen molar-refractivity contribution in [2.45, 2.75) is 13.1 Å². The fraction of sp³-hybridized carbons (Fsp3) is 0.100. The summed E-state index contributed by atoms with van der Waals surface area (Å²) in [4.78, 5) is 12.4. The molecule has 3 heterocycles. The lowest BCUT2D eigenvalue weighted by molar-refractivity contribution is 0.693. The minimum absolute atomic E-state index is 0.746. The molecule has 1 aliphatic rings. The molecule has 1 N–H and O–H groups in total. The average molecular weight is 312 g/mol. The van der Waals surface area contributed by atoms with Crippen LogP contribution in [0.2, 0.25) is 0 Å². The van der Waals surface area contributed by atoms with Crippen LogP contribution < -0.4 is 5.32 Å². The van der Waals surface area contributed by atoms with Crippen molar-refractivity contribution in [1.29, 1.82) is 0 Å². The minimum atomic E-state index is 0.746. The van der Waals surface area contributed by atoms with Crippen molar-refractivity contribution in [3.63, 3.8) is 0 Å². The van der Waals surface area contributed by atoms with Crippen LogP contribution in [0.25, 0.3) is 17.2 Å². The first-order valence-corrected chi connectivity index (χ1v) is 7.87. The molecule has 24 heavy (non-hydrogen) atoms. The molecule has 4 rings (SSSR count). The molecule has 0 radical (unpaired) electrons. The maximum Gasteiger partial charge on any atom is 0.170 e. The van der Waals surface area contributed by atoms with E-state index in [2.05, 4.69) is 50.4 Å². The summed E-state index contributed by atoms with van der Waals surface area (Å²) in [6.07, 6.45) is 7.32. The molecule has 116 valence electrons. The Hall–Kier alpha value is -3.07. The fourth-order valence-electron chi connectivity index (χ4n) is 2.76. The largest absolute Gasteiger partial charge is 0.309 e. The first-order valence-electron chi connectivity index (χ1n) is 7.87. The van der Waals surface area contributed by atoms with Gasteiger partial charge in [0, 0.05) is 43.3 Å². The van der Waals surface area contributed by atoms with Crippen LogP contribution in [-0.2, 0) is 13.1 Å². The number of benzene rings is 1. The maximum atomic E-state index is 4.26. The Kier molecular flexibility index (Phi) is 3.98. The molecule has 0 fully saturated rings. The molecule has 3 aromatic rings. The number of rotatable bonds is 5. The van der Waals surface area contributed by atoms with E-state index in [1.54, 1.807) is 6.20 Å². The van der Waals surface area contributed by atoms with Crippen LogP contribution in [0.4, 0.5) is 5.82 Å². The van der Waals surface area contributed by atoms with Crippen LogP contribution in [-0.4, -0.2) is 15.8 Å². The molecule has 0 atom stereocenters. The van der Waals surface area contributed by atoms with E-state index in [1.807, 2.05) is 36.7 Å². The molecule has 0 saturated carbocycles. The lowest BCUT2D eigenvalue weighted by Gasteiger charge is -2.08. The highest BCUT2D eigenvalue weighted by Gasteiger charge is 2.11. The van der Waals surface area contributed by atoms with Gasteiger partial charge in [-0.3, -0.25) is 4.98 Å². The van der Waals surface area contributed by atoms with E-state index in [4.69, 9.17) is 0 Å². The number of hydrogen-bond donors (Lipinski definition) is 1. The summed E-state index contributed by atoms with van der Waals surface area (Å²) < 4.78 is 0. The van der Waals surface area contributed by atoms with Crippen LogP contribution >= 0.6 is 0 Å². The standard InChI is InChI=1S/C20H16N4/c1-3-17(18-7-11-23-20-19(18)8-12-24-20)4-2-15(1)13-22-14-16-5-9-21-10-6-16/h1-11,22H,13-14H2. The van der Waals surface area contributed by atoms with Gasteiger partial charge in [-0.2, -0.15) is 4.99 Å². The number of aromatic nitrogens is 2. The average Bonchev–Trinajstić information content (AvgIpc) is 3.12. The predicted molar refractivity (Wildman–Crippen MR) is 96.0 cm³/mol. The van der Waals surface area contributed by atoms with E-state index in [-0.39, 0.29) is 0 Å². The molecular formula is C20H16N4. The molecule has 0 bridgehead atoms. The Morgan fingerprint density at radius 3 is 2.38 bits per heavy atom. The number of nitrogens with zero attached hydrogens (tertiary/aromatic N) is 3. The van der Waals surface area contributed by atoms with Crippen LogP contribution in [0.5, 0.6) is 0 Å². The molecule has 4 nitrogen and oxygen atoms in total. The normalized spacial score (nSPS) is 11.7.